The number of ether oxygens (including phenoxy) is 1. The molecule has 118 valence electrons. The van der Waals surface area contributed by atoms with E-state index in [9.17, 15) is 9.59 Å². The van der Waals surface area contributed by atoms with Crippen LogP contribution in [0.15, 0.2) is 24.3 Å². The first-order valence-corrected chi connectivity index (χ1v) is 6.80. The molecular formula is C16H20N2O4. The van der Waals surface area contributed by atoms with Crippen LogP contribution in [0.3, 0.4) is 0 Å². The SMILES string of the molecule is C#CCOc1cccc(NC(=O)NC(C)(C)CCC(=O)O)c1. The molecule has 0 atom stereocenters. The molecule has 0 spiro atoms. The van der Waals surface area contributed by atoms with Crippen LogP contribution in [0.5, 0.6) is 5.75 Å². The zero-order valence-corrected chi connectivity index (χ0v) is 12.7. The summed E-state index contributed by atoms with van der Waals surface area (Å²) < 4.78 is 5.27. The van der Waals surface area contributed by atoms with Crippen molar-refractivity contribution in [2.75, 3.05) is 11.9 Å². The fourth-order valence-electron chi connectivity index (χ4n) is 1.74. The van der Waals surface area contributed by atoms with Gasteiger partial charge in [0.1, 0.15) is 12.4 Å². The molecule has 0 saturated carbocycles. The molecule has 0 fully saturated rings. The van der Waals surface area contributed by atoms with Crippen molar-refractivity contribution < 1.29 is 19.4 Å². The van der Waals surface area contributed by atoms with Crippen molar-refractivity contribution in [1.29, 1.82) is 0 Å². The van der Waals surface area contributed by atoms with E-state index < -0.39 is 17.5 Å². The number of benzene rings is 1. The van der Waals surface area contributed by atoms with E-state index in [2.05, 4.69) is 16.6 Å². The highest BCUT2D eigenvalue weighted by atomic mass is 16.5. The maximum absolute atomic E-state index is 12.0. The second-order valence-electron chi connectivity index (χ2n) is 5.38. The molecule has 0 heterocycles. The number of carboxylic acids is 1. The summed E-state index contributed by atoms with van der Waals surface area (Å²) in [7, 11) is 0. The Hall–Kier alpha value is -2.68. The largest absolute Gasteiger partial charge is 0.481 e. The Morgan fingerprint density at radius 2 is 2.14 bits per heavy atom. The number of carbonyl (C=O) groups is 2. The number of amides is 2. The highest BCUT2D eigenvalue weighted by Crippen LogP contribution is 2.18. The normalized spacial score (nSPS) is 10.4. The Kier molecular flexibility index (Phi) is 6.26. The molecule has 0 aromatic heterocycles. The van der Waals surface area contributed by atoms with Crippen molar-refractivity contribution in [2.24, 2.45) is 0 Å². The Bertz CT molecular complexity index is 576. The lowest BCUT2D eigenvalue weighted by Gasteiger charge is -2.25. The van der Waals surface area contributed by atoms with Crippen LogP contribution in [0.2, 0.25) is 0 Å². The monoisotopic (exact) mass is 304 g/mol. The van der Waals surface area contributed by atoms with Crippen LogP contribution in [-0.4, -0.2) is 29.3 Å². The highest BCUT2D eigenvalue weighted by Gasteiger charge is 2.21. The summed E-state index contributed by atoms with van der Waals surface area (Å²) in [5.74, 6) is 2.02. The van der Waals surface area contributed by atoms with Crippen LogP contribution in [0.4, 0.5) is 10.5 Å². The third-order valence-corrected chi connectivity index (χ3v) is 2.83. The van der Waals surface area contributed by atoms with Crippen molar-refractivity contribution in [2.45, 2.75) is 32.2 Å². The fourth-order valence-corrected chi connectivity index (χ4v) is 1.74. The molecule has 6 heteroatoms. The number of aliphatic carboxylic acids is 1. The van der Waals surface area contributed by atoms with Gasteiger partial charge in [-0.1, -0.05) is 12.0 Å². The number of nitrogens with one attached hydrogen (secondary N) is 2. The van der Waals surface area contributed by atoms with Crippen LogP contribution in [0.25, 0.3) is 0 Å². The summed E-state index contributed by atoms with van der Waals surface area (Å²) in [6.45, 7) is 3.68. The van der Waals surface area contributed by atoms with E-state index in [0.717, 1.165) is 0 Å². The lowest BCUT2D eigenvalue weighted by Crippen LogP contribution is -2.45. The van der Waals surface area contributed by atoms with Gasteiger partial charge >= 0.3 is 12.0 Å². The first-order chi connectivity index (χ1) is 10.3. The molecule has 0 bridgehead atoms. The van der Waals surface area contributed by atoms with E-state index in [1.807, 2.05) is 0 Å². The molecule has 3 N–H and O–H groups in total. The van der Waals surface area contributed by atoms with E-state index in [1.54, 1.807) is 38.1 Å². The van der Waals surface area contributed by atoms with E-state index in [4.69, 9.17) is 16.3 Å². The van der Waals surface area contributed by atoms with Crippen molar-refractivity contribution >= 4 is 17.7 Å². The molecule has 6 nitrogen and oxygen atoms in total. The molecule has 1 aromatic rings. The Morgan fingerprint density at radius 3 is 2.77 bits per heavy atom. The number of anilines is 1. The standard InChI is InChI=1S/C16H20N2O4/c1-4-10-22-13-7-5-6-12(11-13)17-15(21)18-16(2,3)9-8-14(19)20/h1,5-7,11H,8-10H2,2-3H3,(H,19,20)(H2,17,18,21). The minimum absolute atomic E-state index is 0.0112. The molecule has 1 rings (SSSR count). The maximum Gasteiger partial charge on any atom is 0.319 e. The van der Waals surface area contributed by atoms with Crippen LogP contribution in [-0.2, 0) is 4.79 Å². The van der Waals surface area contributed by atoms with Gasteiger partial charge in [0.2, 0.25) is 0 Å². The molecule has 0 aliphatic carbocycles. The molecule has 2 amide bonds. The molecular weight excluding hydrogens is 284 g/mol. The van der Waals surface area contributed by atoms with Gasteiger partial charge in [-0.2, -0.15) is 0 Å². The van der Waals surface area contributed by atoms with Gasteiger partial charge in [0, 0.05) is 23.7 Å². The van der Waals surface area contributed by atoms with Gasteiger partial charge in [0.15, 0.2) is 0 Å². The van der Waals surface area contributed by atoms with Crippen LogP contribution in [0.1, 0.15) is 26.7 Å². The van der Waals surface area contributed by atoms with E-state index >= 15 is 0 Å². The van der Waals surface area contributed by atoms with Gasteiger partial charge in [0.25, 0.3) is 0 Å². The van der Waals surface area contributed by atoms with Gasteiger partial charge in [0.05, 0.1) is 0 Å². The van der Waals surface area contributed by atoms with Crippen molar-refractivity contribution in [3.8, 4) is 18.1 Å². The predicted molar refractivity (Wildman–Crippen MR) is 83.9 cm³/mol. The molecule has 0 unspecified atom stereocenters. The number of terminal acetylenes is 1. The second kappa shape index (κ2) is 7.93. The predicted octanol–water partition coefficient (Wildman–Crippen LogP) is 2.46. The Balaban J connectivity index is 2.57. The summed E-state index contributed by atoms with van der Waals surface area (Å²) in [6.07, 6.45) is 5.44. The van der Waals surface area contributed by atoms with Crippen LogP contribution in [0, 0.1) is 12.3 Å². The van der Waals surface area contributed by atoms with Gasteiger partial charge in [-0.25, -0.2) is 4.79 Å². The summed E-state index contributed by atoms with van der Waals surface area (Å²) in [5, 5.41) is 14.1. The molecule has 0 aliphatic rings. The fraction of sp³-hybridized carbons (Fsp3) is 0.375. The summed E-state index contributed by atoms with van der Waals surface area (Å²) in [5.41, 5.74) is -0.0684. The molecule has 0 saturated heterocycles. The highest BCUT2D eigenvalue weighted by molar-refractivity contribution is 5.89. The summed E-state index contributed by atoms with van der Waals surface area (Å²) in [4.78, 5) is 22.5. The number of rotatable bonds is 7. The summed E-state index contributed by atoms with van der Waals surface area (Å²) in [6, 6.07) is 6.42. The molecule has 0 radical (unpaired) electrons. The van der Waals surface area contributed by atoms with Gasteiger partial charge in [-0.3, -0.25) is 4.79 Å². The molecule has 22 heavy (non-hydrogen) atoms. The molecule has 0 aliphatic heterocycles. The van der Waals surface area contributed by atoms with Gasteiger partial charge in [-0.05, 0) is 32.4 Å². The summed E-state index contributed by atoms with van der Waals surface area (Å²) >= 11 is 0. The van der Waals surface area contributed by atoms with E-state index in [0.29, 0.717) is 17.9 Å². The molecule has 1 aromatic carbocycles. The average Bonchev–Trinajstić information content (AvgIpc) is 2.43. The first kappa shape index (κ1) is 17.4. The minimum Gasteiger partial charge on any atom is -0.481 e. The zero-order valence-electron chi connectivity index (χ0n) is 12.7. The smallest absolute Gasteiger partial charge is 0.319 e. The Morgan fingerprint density at radius 1 is 1.41 bits per heavy atom. The van der Waals surface area contributed by atoms with Gasteiger partial charge in [-0.15, -0.1) is 6.42 Å². The third-order valence-electron chi connectivity index (χ3n) is 2.83. The number of hydrogen-bond acceptors (Lipinski definition) is 3. The first-order valence-electron chi connectivity index (χ1n) is 6.80. The quantitative estimate of drug-likeness (QED) is 0.675. The number of carboxylic acid groups (broad SMARTS) is 1. The van der Waals surface area contributed by atoms with Gasteiger partial charge < -0.3 is 20.5 Å². The minimum atomic E-state index is -0.895. The average molecular weight is 304 g/mol. The second-order valence-corrected chi connectivity index (χ2v) is 5.38. The van der Waals surface area contributed by atoms with Crippen molar-refractivity contribution in [3.63, 3.8) is 0 Å². The van der Waals surface area contributed by atoms with Crippen LogP contribution < -0.4 is 15.4 Å². The maximum atomic E-state index is 12.0. The van der Waals surface area contributed by atoms with Crippen LogP contribution >= 0.6 is 0 Å². The number of carbonyl (C=O) groups excluding carboxylic acids is 1. The zero-order chi connectivity index (χ0) is 16.6. The van der Waals surface area contributed by atoms with E-state index in [-0.39, 0.29) is 13.0 Å². The Labute approximate surface area is 129 Å². The number of hydrogen-bond donors (Lipinski definition) is 3. The topological polar surface area (TPSA) is 87.7 Å². The lowest BCUT2D eigenvalue weighted by atomic mass is 9.99. The lowest BCUT2D eigenvalue weighted by molar-refractivity contribution is -0.137. The van der Waals surface area contributed by atoms with Crippen molar-refractivity contribution in [1.82, 2.24) is 5.32 Å². The number of urea groups is 1. The third kappa shape index (κ3) is 6.66. The van der Waals surface area contributed by atoms with E-state index in [1.165, 1.54) is 0 Å². The van der Waals surface area contributed by atoms with Crippen molar-refractivity contribution in [3.05, 3.63) is 24.3 Å².